The second kappa shape index (κ2) is 5.66. The summed E-state index contributed by atoms with van der Waals surface area (Å²) >= 11 is 0. The van der Waals surface area contributed by atoms with E-state index >= 15 is 0 Å². The van der Waals surface area contributed by atoms with Crippen molar-refractivity contribution in [1.82, 2.24) is 15.5 Å². The average molecular weight is 271 g/mol. The minimum absolute atomic E-state index is 0.0832. The minimum atomic E-state index is -0.155. The molecular weight excluding hydrogens is 258 g/mol. The summed E-state index contributed by atoms with van der Waals surface area (Å²) in [6.07, 6.45) is 1.43. The molecule has 0 unspecified atom stereocenters. The minimum Gasteiger partial charge on any atom is -0.438 e. The first-order valence-electron chi connectivity index (χ1n) is 6.25. The summed E-state index contributed by atoms with van der Waals surface area (Å²) in [7, 11) is 0. The van der Waals surface area contributed by atoms with Crippen LogP contribution >= 0.6 is 0 Å². The van der Waals surface area contributed by atoms with Gasteiger partial charge in [0.2, 0.25) is 11.8 Å². The molecule has 102 valence electrons. The van der Waals surface area contributed by atoms with Crippen molar-refractivity contribution in [2.75, 3.05) is 13.2 Å². The van der Waals surface area contributed by atoms with Crippen LogP contribution in [0.15, 0.2) is 42.6 Å². The fraction of sp³-hybridized carbons (Fsp3) is 0.214. The molecule has 0 spiro atoms. The first-order valence-corrected chi connectivity index (χ1v) is 6.25. The predicted octanol–water partition coefficient (Wildman–Crippen LogP) is 1.46. The molecule has 1 aromatic heterocycles. The van der Waals surface area contributed by atoms with E-state index in [0.29, 0.717) is 18.2 Å². The van der Waals surface area contributed by atoms with E-state index in [1.165, 1.54) is 0 Å². The third kappa shape index (κ3) is 2.92. The summed E-state index contributed by atoms with van der Waals surface area (Å²) in [5.74, 6) is 0.999. The standard InChI is InChI=1S/C14H13N3O3/c18-13-9-19-12(8-15-13)10-3-1-4-11(7-10)20-14-5-2-6-16-17-14/h1-7,12H,8-9H2,(H,15,18)/t12-/m0/s1. The lowest BCUT2D eigenvalue weighted by molar-refractivity contribution is -0.133. The highest BCUT2D eigenvalue weighted by atomic mass is 16.5. The van der Waals surface area contributed by atoms with Crippen LogP contribution in [0.2, 0.25) is 0 Å². The Kier molecular flexibility index (Phi) is 3.56. The van der Waals surface area contributed by atoms with Crippen LogP contribution in [0.3, 0.4) is 0 Å². The highest BCUT2D eigenvalue weighted by Crippen LogP contribution is 2.25. The van der Waals surface area contributed by atoms with E-state index < -0.39 is 0 Å². The summed E-state index contributed by atoms with van der Waals surface area (Å²) in [4.78, 5) is 11.1. The number of amides is 1. The SMILES string of the molecule is O=C1CO[C@H](c2cccc(Oc3cccnn3)c2)CN1. The number of benzene rings is 1. The van der Waals surface area contributed by atoms with Crippen LogP contribution in [0.1, 0.15) is 11.7 Å². The molecule has 1 aromatic carbocycles. The molecule has 2 aromatic rings. The van der Waals surface area contributed by atoms with Gasteiger partial charge in [-0.15, -0.1) is 5.10 Å². The number of hydrogen-bond donors (Lipinski definition) is 1. The van der Waals surface area contributed by atoms with Gasteiger partial charge in [-0.25, -0.2) is 0 Å². The van der Waals surface area contributed by atoms with Crippen molar-refractivity contribution in [3.8, 4) is 11.6 Å². The van der Waals surface area contributed by atoms with Gasteiger partial charge < -0.3 is 14.8 Å². The average Bonchev–Trinajstić information content (AvgIpc) is 2.49. The first kappa shape index (κ1) is 12.6. The van der Waals surface area contributed by atoms with Crippen molar-refractivity contribution < 1.29 is 14.3 Å². The maximum Gasteiger partial charge on any atom is 0.246 e. The summed E-state index contributed by atoms with van der Waals surface area (Å²) in [6.45, 7) is 0.549. The number of aromatic nitrogens is 2. The molecule has 1 N–H and O–H groups in total. The monoisotopic (exact) mass is 271 g/mol. The van der Waals surface area contributed by atoms with Crippen molar-refractivity contribution in [2.24, 2.45) is 0 Å². The lowest BCUT2D eigenvalue weighted by atomic mass is 10.1. The molecule has 6 nitrogen and oxygen atoms in total. The van der Waals surface area contributed by atoms with Crippen LogP contribution < -0.4 is 10.1 Å². The van der Waals surface area contributed by atoms with Crippen LogP contribution in [-0.2, 0) is 9.53 Å². The number of ether oxygens (including phenoxy) is 2. The van der Waals surface area contributed by atoms with Gasteiger partial charge >= 0.3 is 0 Å². The van der Waals surface area contributed by atoms with Crippen LogP contribution in [-0.4, -0.2) is 29.3 Å². The Bertz CT molecular complexity index is 594. The normalized spacial score (nSPS) is 18.4. The third-order valence-electron chi connectivity index (χ3n) is 2.90. The molecule has 20 heavy (non-hydrogen) atoms. The number of carbonyl (C=O) groups excluding carboxylic acids is 1. The molecular formula is C14H13N3O3. The highest BCUT2D eigenvalue weighted by molar-refractivity contribution is 5.77. The van der Waals surface area contributed by atoms with E-state index in [0.717, 1.165) is 5.56 Å². The van der Waals surface area contributed by atoms with E-state index in [4.69, 9.17) is 9.47 Å². The van der Waals surface area contributed by atoms with Gasteiger partial charge in [-0.05, 0) is 23.8 Å². The second-order valence-corrected chi connectivity index (χ2v) is 4.34. The lowest BCUT2D eigenvalue weighted by Gasteiger charge is -2.23. The molecule has 1 atom stereocenters. The second-order valence-electron chi connectivity index (χ2n) is 4.34. The van der Waals surface area contributed by atoms with E-state index in [1.807, 2.05) is 24.3 Å². The largest absolute Gasteiger partial charge is 0.438 e. The number of morpholine rings is 1. The van der Waals surface area contributed by atoms with E-state index in [9.17, 15) is 4.79 Å². The quantitative estimate of drug-likeness (QED) is 0.914. The van der Waals surface area contributed by atoms with E-state index in [-0.39, 0.29) is 18.6 Å². The molecule has 1 aliphatic heterocycles. The van der Waals surface area contributed by atoms with Crippen LogP contribution in [0.25, 0.3) is 0 Å². The van der Waals surface area contributed by atoms with Crippen LogP contribution in [0, 0.1) is 0 Å². The van der Waals surface area contributed by atoms with Gasteiger partial charge in [0.25, 0.3) is 0 Å². The van der Waals surface area contributed by atoms with Gasteiger partial charge in [0.05, 0.1) is 0 Å². The summed E-state index contributed by atoms with van der Waals surface area (Å²) in [5, 5.41) is 10.4. The lowest BCUT2D eigenvalue weighted by Crippen LogP contribution is -2.38. The van der Waals surface area contributed by atoms with Gasteiger partial charge in [-0.3, -0.25) is 4.79 Å². The highest BCUT2D eigenvalue weighted by Gasteiger charge is 2.20. The maximum atomic E-state index is 11.1. The Hall–Kier alpha value is -2.47. The Labute approximate surface area is 115 Å². The first-order chi connectivity index (χ1) is 9.81. The number of nitrogens with one attached hydrogen (secondary N) is 1. The van der Waals surface area contributed by atoms with Crippen LogP contribution in [0.5, 0.6) is 11.6 Å². The number of carbonyl (C=O) groups is 1. The van der Waals surface area contributed by atoms with Gasteiger partial charge in [-0.2, -0.15) is 5.10 Å². The summed E-state index contributed by atoms with van der Waals surface area (Å²) in [5.41, 5.74) is 0.950. The smallest absolute Gasteiger partial charge is 0.246 e. The van der Waals surface area contributed by atoms with Crippen molar-refractivity contribution in [1.29, 1.82) is 0 Å². The fourth-order valence-electron chi connectivity index (χ4n) is 1.95. The molecule has 6 heteroatoms. The van der Waals surface area contributed by atoms with Crippen LogP contribution in [0.4, 0.5) is 0 Å². The van der Waals surface area contributed by atoms with E-state index in [1.54, 1.807) is 18.3 Å². The molecule has 2 heterocycles. The Morgan fingerprint density at radius 1 is 1.30 bits per heavy atom. The zero-order chi connectivity index (χ0) is 13.8. The number of rotatable bonds is 3. The van der Waals surface area contributed by atoms with Gasteiger partial charge in [0.15, 0.2) is 0 Å². The maximum absolute atomic E-state index is 11.1. The molecule has 1 fully saturated rings. The third-order valence-corrected chi connectivity index (χ3v) is 2.90. The number of hydrogen-bond acceptors (Lipinski definition) is 5. The summed E-state index contributed by atoms with van der Waals surface area (Å²) in [6, 6.07) is 11.0. The molecule has 1 saturated heterocycles. The topological polar surface area (TPSA) is 73.3 Å². The van der Waals surface area contributed by atoms with Crippen molar-refractivity contribution in [3.63, 3.8) is 0 Å². The van der Waals surface area contributed by atoms with Gasteiger partial charge in [0.1, 0.15) is 18.5 Å². The van der Waals surface area contributed by atoms with E-state index in [2.05, 4.69) is 15.5 Å². The summed E-state index contributed by atoms with van der Waals surface area (Å²) < 4.78 is 11.1. The predicted molar refractivity (Wildman–Crippen MR) is 70.3 cm³/mol. The van der Waals surface area contributed by atoms with Crippen molar-refractivity contribution in [2.45, 2.75) is 6.10 Å². The Balaban J connectivity index is 1.74. The van der Waals surface area contributed by atoms with Crippen molar-refractivity contribution >= 4 is 5.91 Å². The molecule has 0 aliphatic carbocycles. The zero-order valence-corrected chi connectivity index (χ0v) is 10.7. The molecule has 3 rings (SSSR count). The Morgan fingerprint density at radius 3 is 3.00 bits per heavy atom. The zero-order valence-electron chi connectivity index (χ0n) is 10.7. The number of nitrogens with zero attached hydrogens (tertiary/aromatic N) is 2. The molecule has 0 saturated carbocycles. The Morgan fingerprint density at radius 2 is 2.25 bits per heavy atom. The molecule has 1 amide bonds. The molecule has 0 bridgehead atoms. The van der Waals surface area contributed by atoms with Gasteiger partial charge in [0, 0.05) is 18.8 Å². The molecule has 1 aliphatic rings. The van der Waals surface area contributed by atoms with Gasteiger partial charge in [-0.1, -0.05) is 12.1 Å². The molecule has 0 radical (unpaired) electrons. The van der Waals surface area contributed by atoms with Crippen molar-refractivity contribution in [3.05, 3.63) is 48.2 Å². The fourth-order valence-corrected chi connectivity index (χ4v) is 1.95.